The van der Waals surface area contributed by atoms with Crippen LogP contribution in [-0.2, 0) is 14.4 Å². The van der Waals surface area contributed by atoms with Gasteiger partial charge in [-0.25, -0.2) is 0 Å². The van der Waals surface area contributed by atoms with Crippen LogP contribution in [0.5, 0.6) is 0 Å². The Balaban J connectivity index is 2.32. The van der Waals surface area contributed by atoms with E-state index in [0.29, 0.717) is 19.1 Å². The minimum Gasteiger partial charge on any atom is -0.299 e. The van der Waals surface area contributed by atoms with Crippen LogP contribution in [0.25, 0.3) is 0 Å². The molecule has 100 valence electrons. The van der Waals surface area contributed by atoms with E-state index in [2.05, 4.69) is 6.58 Å². The van der Waals surface area contributed by atoms with Crippen molar-refractivity contribution in [3.63, 3.8) is 0 Å². The third-order valence-corrected chi connectivity index (χ3v) is 4.01. The van der Waals surface area contributed by atoms with E-state index >= 15 is 0 Å². The van der Waals surface area contributed by atoms with E-state index in [4.69, 9.17) is 0 Å². The Bertz CT molecular complexity index is 490. The predicted molar refractivity (Wildman–Crippen MR) is 71.0 cm³/mol. The van der Waals surface area contributed by atoms with Crippen molar-refractivity contribution in [3.05, 3.63) is 36.5 Å². The second-order valence-electron chi connectivity index (χ2n) is 4.92. The van der Waals surface area contributed by atoms with Gasteiger partial charge in [-0.05, 0) is 30.4 Å². The maximum atomic E-state index is 12.2. The molecule has 1 saturated heterocycles. The molecule has 0 N–H and O–H groups in total. The van der Waals surface area contributed by atoms with Crippen LogP contribution in [0.1, 0.15) is 12.8 Å². The zero-order valence-electron chi connectivity index (χ0n) is 10.9. The average molecular weight is 259 g/mol. The van der Waals surface area contributed by atoms with Crippen molar-refractivity contribution in [2.24, 2.45) is 17.8 Å². The normalized spacial score (nSPS) is 30.5. The Kier molecular flexibility index (Phi) is 3.79. The molecule has 1 heterocycles. The number of hydrogen-bond donors (Lipinski definition) is 0. The van der Waals surface area contributed by atoms with Crippen molar-refractivity contribution in [2.75, 3.05) is 7.05 Å². The molecule has 2 rings (SSSR count). The Morgan fingerprint density at radius 1 is 1.42 bits per heavy atom. The fourth-order valence-electron chi connectivity index (χ4n) is 3.03. The zero-order chi connectivity index (χ0) is 14.0. The van der Waals surface area contributed by atoms with Crippen LogP contribution in [0, 0.1) is 17.8 Å². The first-order valence-corrected chi connectivity index (χ1v) is 6.36. The summed E-state index contributed by atoms with van der Waals surface area (Å²) < 4.78 is 0. The highest BCUT2D eigenvalue weighted by atomic mass is 16.2. The molecule has 19 heavy (non-hydrogen) atoms. The zero-order valence-corrected chi connectivity index (χ0v) is 10.9. The molecule has 0 radical (unpaired) electrons. The van der Waals surface area contributed by atoms with E-state index in [1.54, 1.807) is 12.2 Å². The van der Waals surface area contributed by atoms with Crippen molar-refractivity contribution in [2.45, 2.75) is 12.8 Å². The second kappa shape index (κ2) is 5.34. The molecule has 0 bridgehead atoms. The molecule has 4 heteroatoms. The number of allylic oxidation sites excluding steroid dienone is 5. The van der Waals surface area contributed by atoms with Gasteiger partial charge in [0.15, 0.2) is 0 Å². The van der Waals surface area contributed by atoms with Crippen LogP contribution in [0.3, 0.4) is 0 Å². The van der Waals surface area contributed by atoms with E-state index in [1.807, 2.05) is 6.08 Å². The Hall–Kier alpha value is -1.97. The summed E-state index contributed by atoms with van der Waals surface area (Å²) in [4.78, 5) is 35.8. The molecule has 0 spiro atoms. The fourth-order valence-corrected chi connectivity index (χ4v) is 3.03. The van der Waals surface area contributed by atoms with Crippen molar-refractivity contribution >= 4 is 18.1 Å². The molecule has 3 atom stereocenters. The number of rotatable bonds is 4. The average Bonchev–Trinajstić information content (AvgIpc) is 2.64. The van der Waals surface area contributed by atoms with Crippen molar-refractivity contribution < 1.29 is 14.4 Å². The number of fused-ring (bicyclic) bond motifs is 1. The molecular formula is C15H17NO3. The van der Waals surface area contributed by atoms with Gasteiger partial charge in [-0.3, -0.25) is 19.3 Å². The molecule has 0 aromatic heterocycles. The van der Waals surface area contributed by atoms with E-state index in [1.165, 1.54) is 18.0 Å². The van der Waals surface area contributed by atoms with Crippen molar-refractivity contribution in [1.29, 1.82) is 0 Å². The highest BCUT2D eigenvalue weighted by Crippen LogP contribution is 2.43. The number of amides is 2. The maximum Gasteiger partial charge on any atom is 0.233 e. The number of hydrogen-bond acceptors (Lipinski definition) is 3. The summed E-state index contributed by atoms with van der Waals surface area (Å²) in [6, 6.07) is 0. The van der Waals surface area contributed by atoms with E-state index < -0.39 is 0 Å². The second-order valence-corrected chi connectivity index (χ2v) is 4.92. The molecule has 2 aliphatic rings. The molecule has 0 saturated carbocycles. The summed E-state index contributed by atoms with van der Waals surface area (Å²) in [5, 5.41) is 0. The lowest BCUT2D eigenvalue weighted by Gasteiger charge is -2.29. The molecule has 1 aliphatic heterocycles. The van der Waals surface area contributed by atoms with E-state index in [-0.39, 0.29) is 29.6 Å². The molecule has 2 amide bonds. The highest BCUT2D eigenvalue weighted by molar-refractivity contribution is 6.05. The van der Waals surface area contributed by atoms with Crippen LogP contribution in [0.15, 0.2) is 36.5 Å². The molecule has 0 unspecified atom stereocenters. The highest BCUT2D eigenvalue weighted by Gasteiger charge is 2.50. The van der Waals surface area contributed by atoms with Crippen LogP contribution in [0.4, 0.5) is 0 Å². The summed E-state index contributed by atoms with van der Waals surface area (Å²) in [6.45, 7) is 3.77. The van der Waals surface area contributed by atoms with Gasteiger partial charge in [0.1, 0.15) is 6.29 Å². The molecular weight excluding hydrogens is 242 g/mol. The van der Waals surface area contributed by atoms with Gasteiger partial charge in [-0.1, -0.05) is 24.8 Å². The first-order chi connectivity index (χ1) is 9.11. The van der Waals surface area contributed by atoms with Gasteiger partial charge in [0.05, 0.1) is 11.8 Å². The first-order valence-electron chi connectivity index (χ1n) is 6.36. The van der Waals surface area contributed by atoms with Gasteiger partial charge in [0, 0.05) is 7.05 Å². The first kappa shape index (κ1) is 13.5. The van der Waals surface area contributed by atoms with Crippen LogP contribution in [0.2, 0.25) is 0 Å². The number of carbonyl (C=O) groups is 3. The topological polar surface area (TPSA) is 54.5 Å². The SMILES string of the molecule is C=CC1=CC[C@@H]2C(=O)N(C)C(=O)[C@@H]2[C@H]1C/C=C\C=O. The third-order valence-electron chi connectivity index (χ3n) is 4.01. The lowest BCUT2D eigenvalue weighted by molar-refractivity contribution is -0.138. The van der Waals surface area contributed by atoms with Crippen molar-refractivity contribution in [1.82, 2.24) is 4.90 Å². The summed E-state index contributed by atoms with van der Waals surface area (Å²) in [5.41, 5.74) is 0.994. The van der Waals surface area contributed by atoms with Crippen LogP contribution in [-0.4, -0.2) is 30.0 Å². The van der Waals surface area contributed by atoms with Crippen LogP contribution >= 0.6 is 0 Å². The van der Waals surface area contributed by atoms with Gasteiger partial charge >= 0.3 is 0 Å². The van der Waals surface area contributed by atoms with Crippen LogP contribution < -0.4 is 0 Å². The van der Waals surface area contributed by atoms with Gasteiger partial charge < -0.3 is 0 Å². The summed E-state index contributed by atoms with van der Waals surface area (Å²) in [7, 11) is 1.54. The van der Waals surface area contributed by atoms with Crippen molar-refractivity contribution in [3.8, 4) is 0 Å². The maximum absolute atomic E-state index is 12.2. The molecule has 1 fully saturated rings. The standard InChI is InChI=1S/C15H17NO3/c1-3-10-7-8-12-13(11(10)6-4-5-9-17)15(19)16(2)14(12)18/h3-5,7,9,11-13H,1,6,8H2,2H3/b5-4-/t11-,12-,13+/m0/s1. The number of likely N-dealkylation sites (tertiary alicyclic amines) is 1. The lowest BCUT2D eigenvalue weighted by atomic mass is 9.71. The van der Waals surface area contributed by atoms with E-state index in [9.17, 15) is 14.4 Å². The van der Waals surface area contributed by atoms with Gasteiger partial charge in [-0.15, -0.1) is 0 Å². The quantitative estimate of drug-likeness (QED) is 0.437. The largest absolute Gasteiger partial charge is 0.299 e. The lowest BCUT2D eigenvalue weighted by Crippen LogP contribution is -2.31. The van der Waals surface area contributed by atoms with Gasteiger partial charge in [0.2, 0.25) is 11.8 Å². The molecule has 0 aromatic carbocycles. The smallest absolute Gasteiger partial charge is 0.233 e. The van der Waals surface area contributed by atoms with E-state index in [0.717, 1.165) is 5.57 Å². The summed E-state index contributed by atoms with van der Waals surface area (Å²) in [5.74, 6) is -0.845. The molecule has 4 nitrogen and oxygen atoms in total. The summed E-state index contributed by atoms with van der Waals surface area (Å²) >= 11 is 0. The Labute approximate surface area is 112 Å². The molecule has 0 aromatic rings. The van der Waals surface area contributed by atoms with Gasteiger partial charge in [-0.2, -0.15) is 0 Å². The van der Waals surface area contributed by atoms with Gasteiger partial charge in [0.25, 0.3) is 0 Å². The third kappa shape index (κ3) is 2.18. The number of nitrogens with zero attached hydrogens (tertiary/aromatic N) is 1. The molecule has 1 aliphatic carbocycles. The minimum atomic E-state index is -0.313. The fraction of sp³-hybridized carbons (Fsp3) is 0.400. The number of imide groups is 1. The number of aldehydes is 1. The number of carbonyl (C=O) groups excluding carboxylic acids is 3. The monoisotopic (exact) mass is 259 g/mol. The predicted octanol–water partition coefficient (Wildman–Crippen LogP) is 1.49. The summed E-state index contributed by atoms with van der Waals surface area (Å²) in [6.07, 6.45) is 8.77. The Morgan fingerprint density at radius 2 is 2.16 bits per heavy atom. The Morgan fingerprint density at radius 3 is 2.79 bits per heavy atom. The minimum absolute atomic E-state index is 0.0613.